The molecule has 0 aliphatic heterocycles. The summed E-state index contributed by atoms with van der Waals surface area (Å²) in [6, 6.07) is 2.31. The zero-order valence-electron chi connectivity index (χ0n) is 11.5. The maximum absolute atomic E-state index is 2.42. The molecule has 0 heteroatoms. The Morgan fingerprint density at radius 3 is 2.25 bits per heavy atom. The van der Waals surface area contributed by atoms with Crippen LogP contribution in [0.15, 0.2) is 6.07 Å². The molecule has 0 spiro atoms. The van der Waals surface area contributed by atoms with Crippen LogP contribution in [0.25, 0.3) is 0 Å². The standard InChI is InChI=1S/C16H25/c1-6-7-8-9-10-16-13(3)11-12(2)14(4)15(16)5/h10-11H,6-9H2,1-5H3. The Hall–Kier alpha value is -0.780. The first-order valence-electron chi connectivity index (χ1n) is 6.48. The predicted octanol–water partition coefficient (Wildman–Crippen LogP) is 5.05. The second-order valence-electron chi connectivity index (χ2n) is 4.87. The second kappa shape index (κ2) is 6.08. The van der Waals surface area contributed by atoms with E-state index in [0.29, 0.717) is 0 Å². The topological polar surface area (TPSA) is 0 Å². The molecule has 0 aromatic heterocycles. The van der Waals surface area contributed by atoms with Gasteiger partial charge in [-0.3, -0.25) is 0 Å². The van der Waals surface area contributed by atoms with E-state index in [9.17, 15) is 0 Å². The molecular weight excluding hydrogens is 192 g/mol. The van der Waals surface area contributed by atoms with E-state index in [1.807, 2.05) is 0 Å². The monoisotopic (exact) mass is 217 g/mol. The Morgan fingerprint density at radius 2 is 1.62 bits per heavy atom. The van der Waals surface area contributed by atoms with Gasteiger partial charge in [0.25, 0.3) is 0 Å². The van der Waals surface area contributed by atoms with Crippen LogP contribution in [-0.4, -0.2) is 0 Å². The van der Waals surface area contributed by atoms with Crippen LogP contribution in [0.5, 0.6) is 0 Å². The van der Waals surface area contributed by atoms with E-state index in [-0.39, 0.29) is 0 Å². The molecular formula is C16H25. The Bertz CT molecular complexity index is 348. The minimum Gasteiger partial charge on any atom is -0.0654 e. The maximum Gasteiger partial charge on any atom is -0.00875 e. The highest BCUT2D eigenvalue weighted by atomic mass is 14.1. The van der Waals surface area contributed by atoms with Gasteiger partial charge in [-0.25, -0.2) is 0 Å². The predicted molar refractivity (Wildman–Crippen MR) is 72.9 cm³/mol. The van der Waals surface area contributed by atoms with Crippen LogP contribution < -0.4 is 0 Å². The summed E-state index contributed by atoms with van der Waals surface area (Å²) >= 11 is 0. The van der Waals surface area contributed by atoms with E-state index in [4.69, 9.17) is 0 Å². The fourth-order valence-electron chi connectivity index (χ4n) is 2.26. The van der Waals surface area contributed by atoms with Crippen molar-refractivity contribution in [1.29, 1.82) is 0 Å². The van der Waals surface area contributed by atoms with Crippen LogP contribution in [0.4, 0.5) is 0 Å². The largest absolute Gasteiger partial charge is 0.0654 e. The number of aryl methyl sites for hydroxylation is 2. The van der Waals surface area contributed by atoms with Crippen molar-refractivity contribution in [2.45, 2.75) is 60.3 Å². The molecule has 0 amide bonds. The third-order valence-electron chi connectivity index (χ3n) is 3.57. The molecule has 0 bridgehead atoms. The van der Waals surface area contributed by atoms with Crippen molar-refractivity contribution in [2.24, 2.45) is 0 Å². The highest BCUT2D eigenvalue weighted by molar-refractivity contribution is 5.47. The van der Waals surface area contributed by atoms with Crippen molar-refractivity contribution in [1.82, 2.24) is 0 Å². The van der Waals surface area contributed by atoms with Gasteiger partial charge in [-0.2, -0.15) is 0 Å². The third-order valence-corrected chi connectivity index (χ3v) is 3.57. The van der Waals surface area contributed by atoms with E-state index in [1.165, 1.54) is 53.5 Å². The van der Waals surface area contributed by atoms with Crippen LogP contribution >= 0.6 is 0 Å². The average molecular weight is 217 g/mol. The highest BCUT2D eigenvalue weighted by Gasteiger charge is 2.07. The Morgan fingerprint density at radius 1 is 0.938 bits per heavy atom. The van der Waals surface area contributed by atoms with Gasteiger partial charge in [-0.1, -0.05) is 32.3 Å². The zero-order chi connectivity index (χ0) is 12.1. The molecule has 89 valence electrons. The molecule has 0 fully saturated rings. The van der Waals surface area contributed by atoms with E-state index >= 15 is 0 Å². The summed E-state index contributed by atoms with van der Waals surface area (Å²) < 4.78 is 0. The lowest BCUT2D eigenvalue weighted by atomic mass is 9.91. The fraction of sp³-hybridized carbons (Fsp3) is 0.562. The van der Waals surface area contributed by atoms with E-state index < -0.39 is 0 Å². The number of hydrogen-bond donors (Lipinski definition) is 0. The Kier molecular flexibility index (Phi) is 5.05. The van der Waals surface area contributed by atoms with Crippen molar-refractivity contribution in [2.75, 3.05) is 0 Å². The summed E-state index contributed by atoms with van der Waals surface area (Å²) in [7, 11) is 0. The fourth-order valence-corrected chi connectivity index (χ4v) is 2.26. The van der Waals surface area contributed by atoms with Gasteiger partial charge in [0.15, 0.2) is 0 Å². The quantitative estimate of drug-likeness (QED) is 0.605. The molecule has 1 rings (SSSR count). The molecule has 0 aliphatic rings. The molecule has 1 radical (unpaired) electrons. The van der Waals surface area contributed by atoms with Crippen molar-refractivity contribution in [3.63, 3.8) is 0 Å². The second-order valence-corrected chi connectivity index (χ2v) is 4.87. The molecule has 16 heavy (non-hydrogen) atoms. The number of unbranched alkanes of at least 4 members (excludes halogenated alkanes) is 3. The van der Waals surface area contributed by atoms with Crippen LogP contribution in [-0.2, 0) is 0 Å². The normalized spacial score (nSPS) is 10.8. The van der Waals surface area contributed by atoms with Crippen LogP contribution in [0.3, 0.4) is 0 Å². The molecule has 0 saturated heterocycles. The first-order valence-corrected chi connectivity index (χ1v) is 6.48. The highest BCUT2D eigenvalue weighted by Crippen LogP contribution is 2.24. The summed E-state index contributed by atoms with van der Waals surface area (Å²) in [4.78, 5) is 0. The molecule has 0 unspecified atom stereocenters. The van der Waals surface area contributed by atoms with Gasteiger partial charge in [0.1, 0.15) is 0 Å². The minimum atomic E-state index is 1.22. The smallest absolute Gasteiger partial charge is 0.00875 e. The Balaban J connectivity index is 2.76. The van der Waals surface area contributed by atoms with E-state index in [2.05, 4.69) is 47.1 Å². The van der Waals surface area contributed by atoms with E-state index in [0.717, 1.165) is 0 Å². The van der Waals surface area contributed by atoms with Gasteiger partial charge in [-0.15, -0.1) is 0 Å². The first kappa shape index (κ1) is 13.3. The molecule has 0 aliphatic carbocycles. The minimum absolute atomic E-state index is 1.22. The van der Waals surface area contributed by atoms with Crippen molar-refractivity contribution in [3.05, 3.63) is 40.3 Å². The first-order chi connectivity index (χ1) is 7.57. The van der Waals surface area contributed by atoms with Crippen LogP contribution in [0, 0.1) is 34.1 Å². The van der Waals surface area contributed by atoms with Crippen molar-refractivity contribution < 1.29 is 0 Å². The van der Waals surface area contributed by atoms with Gasteiger partial charge in [-0.05, 0) is 68.4 Å². The molecule has 0 saturated carbocycles. The Labute approximate surface area is 101 Å². The maximum atomic E-state index is 2.42. The van der Waals surface area contributed by atoms with Gasteiger partial charge in [0.05, 0.1) is 0 Å². The SMILES string of the molecule is CCCCC[CH]c1c(C)cc(C)c(C)c1C. The molecule has 0 N–H and O–H groups in total. The summed E-state index contributed by atoms with van der Waals surface area (Å²) in [5.41, 5.74) is 7.23. The number of benzene rings is 1. The zero-order valence-corrected chi connectivity index (χ0v) is 11.5. The van der Waals surface area contributed by atoms with Crippen molar-refractivity contribution >= 4 is 0 Å². The van der Waals surface area contributed by atoms with Gasteiger partial charge in [0.2, 0.25) is 0 Å². The van der Waals surface area contributed by atoms with E-state index in [1.54, 1.807) is 0 Å². The third kappa shape index (κ3) is 3.10. The molecule has 1 aromatic carbocycles. The number of hydrogen-bond acceptors (Lipinski definition) is 0. The molecule has 0 atom stereocenters. The van der Waals surface area contributed by atoms with Crippen LogP contribution in [0.2, 0.25) is 0 Å². The lowest BCUT2D eigenvalue weighted by Crippen LogP contribution is -1.97. The summed E-state index contributed by atoms with van der Waals surface area (Å²) in [6.07, 6.45) is 7.62. The van der Waals surface area contributed by atoms with Crippen molar-refractivity contribution in [3.8, 4) is 0 Å². The van der Waals surface area contributed by atoms with Crippen LogP contribution in [0.1, 0.15) is 60.4 Å². The summed E-state index contributed by atoms with van der Waals surface area (Å²) in [6.45, 7) is 11.2. The molecule has 0 nitrogen and oxygen atoms in total. The van der Waals surface area contributed by atoms with Gasteiger partial charge < -0.3 is 0 Å². The lowest BCUT2D eigenvalue weighted by molar-refractivity contribution is 0.714. The van der Waals surface area contributed by atoms with Gasteiger partial charge in [0, 0.05) is 0 Å². The molecule has 0 heterocycles. The summed E-state index contributed by atoms with van der Waals surface area (Å²) in [5, 5.41) is 0. The molecule has 1 aromatic rings. The average Bonchev–Trinajstić information content (AvgIpc) is 2.25. The van der Waals surface area contributed by atoms with Gasteiger partial charge >= 0.3 is 0 Å². The summed E-state index contributed by atoms with van der Waals surface area (Å²) in [5.74, 6) is 0. The lowest BCUT2D eigenvalue weighted by Gasteiger charge is -2.14. The number of rotatable bonds is 5.